The first-order valence-electron chi connectivity index (χ1n) is 52.5. The van der Waals surface area contributed by atoms with Crippen LogP contribution < -0.4 is 54.8 Å². The van der Waals surface area contributed by atoms with Crippen LogP contribution in [0.5, 0.6) is 0 Å². The van der Waals surface area contributed by atoms with Crippen molar-refractivity contribution >= 4 is 322 Å². The van der Waals surface area contributed by atoms with Crippen molar-refractivity contribution in [3.8, 4) is 0 Å². The summed E-state index contributed by atoms with van der Waals surface area (Å²) < 4.78 is 22.8. The van der Waals surface area contributed by atoms with E-state index < -0.39 is 135 Å². The summed E-state index contributed by atoms with van der Waals surface area (Å²) >= 11 is -12.8. The van der Waals surface area contributed by atoms with Crippen LogP contribution in [0.25, 0.3) is 45.8 Å². The molecule has 4 aliphatic carbocycles. The summed E-state index contributed by atoms with van der Waals surface area (Å²) in [4.78, 5) is 115. The second-order valence-electron chi connectivity index (χ2n) is 41.5. The fraction of sp³-hybridized carbons (Fsp3) is 0.138. The summed E-state index contributed by atoms with van der Waals surface area (Å²) in [6, 6.07) is 128. The average molecular weight is 2650 g/mol. The van der Waals surface area contributed by atoms with Gasteiger partial charge < -0.3 is 0 Å². The molecule has 0 atom stereocenters. The summed E-state index contributed by atoms with van der Waals surface area (Å²) in [6.07, 6.45) is 21.0. The quantitative estimate of drug-likeness (QED) is 0.0809. The van der Waals surface area contributed by atoms with Crippen LogP contribution in [0.1, 0.15) is 161 Å². The van der Waals surface area contributed by atoms with Crippen LogP contribution in [0.4, 0.5) is 60.3 Å². The predicted molar refractivity (Wildman–Crippen MR) is 624 cm³/mol. The molecular formula is C130H100Ge4N4O8Te4. The Kier molecular flexibility index (Phi) is 25.4. The van der Waals surface area contributed by atoms with Crippen molar-refractivity contribution in [3.05, 3.63) is 445 Å². The number of para-hydroxylation sites is 8. The van der Waals surface area contributed by atoms with Crippen LogP contribution in [-0.4, -0.2) is 181 Å². The Morgan fingerprint density at radius 3 is 0.527 bits per heavy atom. The zero-order valence-electron chi connectivity index (χ0n) is 82.4. The maximum absolute atomic E-state index is 13.4. The van der Waals surface area contributed by atoms with Crippen molar-refractivity contribution in [3.63, 3.8) is 0 Å². The second kappa shape index (κ2) is 39.5. The molecular weight excluding hydrogens is 2550 g/mol. The van der Waals surface area contributed by atoms with Crippen molar-refractivity contribution in [1.82, 2.24) is 0 Å². The fourth-order valence-corrected chi connectivity index (χ4v) is 84.4. The topological polar surface area (TPSA) is 150 Å². The molecule has 30 rings (SSSR count). The number of ketones is 8. The van der Waals surface area contributed by atoms with Crippen LogP contribution >= 0.6 is 0 Å². The van der Waals surface area contributed by atoms with Crippen LogP contribution in [-0.2, 0) is 0 Å². The van der Waals surface area contributed by atoms with Crippen molar-refractivity contribution < 1.29 is 38.4 Å². The Balaban J connectivity index is 0.0000000985. The molecule has 12 heterocycles. The fourth-order valence-electron chi connectivity index (χ4n) is 26.9. The number of hydrogen-bond acceptors (Lipinski definition) is 12. The normalized spacial score (nSPS) is 17.3. The minimum absolute atomic E-state index is 0.140. The molecule has 4 saturated heterocycles. The van der Waals surface area contributed by atoms with E-state index in [1.54, 1.807) is 59.4 Å². The van der Waals surface area contributed by atoms with Gasteiger partial charge >= 0.3 is 932 Å². The number of hydrogen-bond donors (Lipinski definition) is 0. The van der Waals surface area contributed by atoms with E-state index in [9.17, 15) is 38.4 Å². The molecule has 150 heavy (non-hydrogen) atoms. The summed E-state index contributed by atoms with van der Waals surface area (Å²) in [5.74, 6) is -1.14. The Labute approximate surface area is 920 Å². The third-order valence-electron chi connectivity index (χ3n) is 33.6. The van der Waals surface area contributed by atoms with Crippen molar-refractivity contribution in [2.24, 2.45) is 0 Å². The predicted octanol–water partition coefficient (Wildman–Crippen LogP) is 24.5. The Morgan fingerprint density at radius 1 is 0.173 bits per heavy atom. The molecule has 18 aromatic rings. The van der Waals surface area contributed by atoms with Gasteiger partial charge in [-0.05, 0) is 0 Å². The summed E-state index contributed by atoms with van der Waals surface area (Å²) in [6.45, 7) is 0. The Morgan fingerprint density at radius 2 is 0.333 bits per heavy atom. The molecule has 0 N–H and O–H groups in total. The van der Waals surface area contributed by atoms with E-state index in [0.29, 0.717) is 66.8 Å². The number of Topliss-reactive ketones (excluding diaryl/α,β-unsaturated/α-hetero) is 8. The molecule has 0 bridgehead atoms. The van der Waals surface area contributed by atoms with Gasteiger partial charge in [0, 0.05) is 0 Å². The molecule has 0 radical (unpaired) electrons. The van der Waals surface area contributed by atoms with E-state index in [-0.39, 0.29) is 46.3 Å². The molecule has 20 heteroatoms. The van der Waals surface area contributed by atoms with E-state index >= 15 is 0 Å². The molecule has 14 aromatic carbocycles. The molecule has 8 aliphatic heterocycles. The zero-order valence-corrected chi connectivity index (χ0v) is 100. The van der Waals surface area contributed by atoms with Gasteiger partial charge in [0.05, 0.1) is 0 Å². The van der Waals surface area contributed by atoms with Gasteiger partial charge in [-0.15, -0.1) is 0 Å². The van der Waals surface area contributed by atoms with Crippen LogP contribution in [0.3, 0.4) is 0 Å². The molecule has 12 aliphatic rings. The van der Waals surface area contributed by atoms with Crippen LogP contribution in [0, 0.1) is 0 Å². The molecule has 12 nitrogen and oxygen atoms in total. The van der Waals surface area contributed by atoms with Gasteiger partial charge in [0.1, 0.15) is 0 Å². The minimum atomic E-state index is -2.46. The van der Waals surface area contributed by atoms with Gasteiger partial charge in [-0.25, -0.2) is 0 Å². The van der Waals surface area contributed by atoms with Gasteiger partial charge in [-0.3, -0.25) is 0 Å². The monoisotopic (exact) mass is 2660 g/mol. The van der Waals surface area contributed by atoms with Gasteiger partial charge in [0.2, 0.25) is 0 Å². The summed E-state index contributed by atoms with van der Waals surface area (Å²) in [7, 11) is 0. The number of allylic oxidation sites excluding steroid dienone is 4. The summed E-state index contributed by atoms with van der Waals surface area (Å²) in [5.41, 5.74) is 16.5. The third-order valence-corrected chi connectivity index (χ3v) is 89.9. The van der Waals surface area contributed by atoms with E-state index in [2.05, 4.69) is 262 Å². The third kappa shape index (κ3) is 16.1. The maximum atomic E-state index is 13.4. The van der Waals surface area contributed by atoms with Gasteiger partial charge in [0.25, 0.3) is 0 Å². The first-order chi connectivity index (χ1) is 73.6. The number of benzene rings is 14. The standard InChI is InChI=1S/C35H27GeNO2Te.C34H25GeNO2Te.C31H25GeNO2Te.C30H23GeNO2Te/c38-34-26-20-23-10-2-3-11-24(23)21-27(26)35(39)28(34)22-25-16-17-33(40-25)37-31-14-6-4-12-29(31)36(18-8-1-9-19-36)30-13-5-7-15-32(30)37;37-33-25-19-22-9-1-2-10-23(22)20-26(25)34(38)27(33)21-24-15-16-32(39-24)36-30-13-5-3-11-28(30)35(17-7-8-18-35)29-12-4-6-14-31(29)36;34-30-22-10-2-3-11-23(22)31(35)24(30)20-21-16-17-29(36-21)33-27-14-6-4-12-25(27)32(18-8-1-9-19-32)26-13-5-7-15-28(26)33;33-29-21-9-1-2-10-22(21)30(34)23(29)19-20-15-16-28(35-20)32-26-13-5-3-11-24(26)31(17-7-8-18-31)25-12-4-6-14-27(25)32/h2-7,10-17,20-22H,1,8-9,18-19H2;1-6,9-16,19-21H,7-8,17-18H2;2-7,10-17,20H,1,8-9,18-19H2;1-6,9-16,19H,7-8,17-18H2. The summed E-state index contributed by atoms with van der Waals surface area (Å²) in [5, 5.41) is 15.0. The SMILES string of the molecule is O=C1C(=Cc2ccc(N3c4cccc[c]4[Ge]4([CH2]CCC[CH2]4)[c]4ccccc43)[te]2)C(=O)c2cc3ccccc3cc21.O=C1C(=Cc2ccc(N3c4cccc[c]4[Ge]4([CH2]CCC[CH2]4)[c]4ccccc43)[te]2)C(=O)c2ccccc21.O=C1C(=Cc2ccc(N3c4cccc[c]4[Ge]4([CH2]CC[CH2]4)[c]4ccccc43)[te]2)C(=O)c2cc3ccccc3cc21.O=C1C(=Cc2ccc(N3c4cccc[c]4[Ge]4([CH2]CC[CH2]4)[c]4ccccc43)[te]2)C(=O)c2ccccc21. The number of carbonyl (C=O) groups excluding carboxylic acids is 8. The van der Waals surface area contributed by atoms with E-state index in [0.717, 1.165) is 35.9 Å². The van der Waals surface area contributed by atoms with E-state index in [4.69, 9.17) is 0 Å². The van der Waals surface area contributed by atoms with E-state index in [1.165, 1.54) is 167 Å². The first kappa shape index (κ1) is 96.6. The molecule has 0 amide bonds. The van der Waals surface area contributed by atoms with Crippen molar-refractivity contribution in [2.45, 2.75) is 106 Å². The molecule has 0 unspecified atom stereocenters. The second-order valence-corrected chi connectivity index (χ2v) is 89.6. The van der Waals surface area contributed by atoms with Crippen LogP contribution in [0.2, 0.25) is 42.0 Å². The molecule has 0 saturated carbocycles. The number of rotatable bonds is 8. The van der Waals surface area contributed by atoms with Gasteiger partial charge in [-0.1, -0.05) is 0 Å². The van der Waals surface area contributed by atoms with Gasteiger partial charge in [0.15, 0.2) is 0 Å². The van der Waals surface area contributed by atoms with Crippen molar-refractivity contribution in [2.75, 3.05) is 19.6 Å². The average Bonchev–Trinajstić information content (AvgIpc) is 1.41. The molecule has 4 spiro atoms. The number of anilines is 12. The molecule has 4 aromatic heterocycles. The van der Waals surface area contributed by atoms with Crippen molar-refractivity contribution in [1.29, 1.82) is 0 Å². The van der Waals surface area contributed by atoms with Crippen LogP contribution in [0.15, 0.2) is 386 Å². The van der Waals surface area contributed by atoms with Gasteiger partial charge in [-0.2, -0.15) is 0 Å². The Bertz CT molecular complexity index is 8560. The first-order valence-corrected chi connectivity index (χ1v) is 82.0. The molecule has 4 fully saturated rings. The molecule has 728 valence electrons. The number of fused-ring (bicyclic) bond motifs is 22. The zero-order chi connectivity index (χ0) is 101. The number of nitrogens with zero attached hydrogens (tertiary/aromatic N) is 4. The number of carbonyl (C=O) groups is 8. The Hall–Kier alpha value is -11.6. The van der Waals surface area contributed by atoms with E-state index in [1.807, 2.05) is 121 Å².